The summed E-state index contributed by atoms with van der Waals surface area (Å²) in [5.74, 6) is -1.95. The van der Waals surface area contributed by atoms with Gasteiger partial charge in [-0.25, -0.2) is 14.3 Å². The minimum absolute atomic E-state index is 0.375. The van der Waals surface area contributed by atoms with Crippen molar-refractivity contribution in [3.05, 3.63) is 76.9 Å². The van der Waals surface area contributed by atoms with E-state index in [0.717, 1.165) is 15.7 Å². The molecule has 0 saturated heterocycles. The lowest BCUT2D eigenvalue weighted by Gasteiger charge is -2.15. The first kappa shape index (κ1) is 24.8. The van der Waals surface area contributed by atoms with Crippen molar-refractivity contribution in [1.82, 2.24) is 29.9 Å². The number of carbonyl (C=O) groups excluding carboxylic acids is 3. The minimum atomic E-state index is -0.961. The van der Waals surface area contributed by atoms with Gasteiger partial charge in [-0.3, -0.25) is 14.4 Å². The summed E-state index contributed by atoms with van der Waals surface area (Å²) in [6.45, 7) is 5.10. The van der Waals surface area contributed by atoms with E-state index in [1.54, 1.807) is 46.9 Å². The highest BCUT2D eigenvalue weighted by molar-refractivity contribution is 9.10. The highest BCUT2D eigenvalue weighted by atomic mass is 79.9. The van der Waals surface area contributed by atoms with Crippen molar-refractivity contribution in [2.24, 2.45) is 0 Å². The smallest absolute Gasteiger partial charge is 0.314 e. The van der Waals surface area contributed by atoms with Crippen LogP contribution in [-0.2, 0) is 14.4 Å². The van der Waals surface area contributed by atoms with E-state index in [9.17, 15) is 14.4 Å². The Hall–Kier alpha value is -4.32. The average Bonchev–Trinajstić information content (AvgIpc) is 3.50. The van der Waals surface area contributed by atoms with Crippen LogP contribution in [0.3, 0.4) is 0 Å². The first-order valence-corrected chi connectivity index (χ1v) is 11.7. The van der Waals surface area contributed by atoms with Crippen LogP contribution in [0, 0.1) is 13.8 Å². The maximum Gasteiger partial charge on any atom is 0.314 e. The molecule has 12 heteroatoms. The molecule has 1 atom stereocenters. The number of hydrogen-bond donors (Lipinski definition) is 3. The Morgan fingerprint density at radius 3 is 2.22 bits per heavy atom. The third-order valence-electron chi connectivity index (χ3n) is 5.43. The monoisotopic (exact) mass is 550 g/mol. The second kappa shape index (κ2) is 10.5. The first-order chi connectivity index (χ1) is 17.2. The molecule has 2 aromatic heterocycles. The Morgan fingerprint density at radius 1 is 0.917 bits per heavy atom. The third-order valence-corrected chi connectivity index (χ3v) is 5.96. The second-order valence-corrected chi connectivity index (χ2v) is 8.89. The lowest BCUT2D eigenvalue weighted by Crippen LogP contribution is -2.46. The van der Waals surface area contributed by atoms with Gasteiger partial charge in [0.1, 0.15) is 24.5 Å². The van der Waals surface area contributed by atoms with Gasteiger partial charge in [-0.05, 0) is 69.3 Å². The molecule has 2 aromatic carbocycles. The van der Waals surface area contributed by atoms with Gasteiger partial charge in [-0.15, -0.1) is 0 Å². The molecule has 0 bridgehead atoms. The van der Waals surface area contributed by atoms with E-state index < -0.39 is 23.8 Å². The molecular formula is C24H23BrN8O3. The Balaban J connectivity index is 1.38. The van der Waals surface area contributed by atoms with Crippen LogP contribution in [0.25, 0.3) is 11.4 Å². The Bertz CT molecular complexity index is 1400. The lowest BCUT2D eigenvalue weighted by atomic mass is 10.2. The molecule has 0 fully saturated rings. The predicted molar refractivity (Wildman–Crippen MR) is 137 cm³/mol. The van der Waals surface area contributed by atoms with Crippen molar-refractivity contribution in [2.45, 2.75) is 26.8 Å². The predicted octanol–water partition coefficient (Wildman–Crippen LogP) is 2.91. The van der Waals surface area contributed by atoms with Crippen molar-refractivity contribution < 1.29 is 14.4 Å². The van der Waals surface area contributed by atoms with Gasteiger partial charge in [-0.2, -0.15) is 10.2 Å². The lowest BCUT2D eigenvalue weighted by molar-refractivity contribution is -0.137. The highest BCUT2D eigenvalue weighted by Crippen LogP contribution is 2.24. The average molecular weight is 551 g/mol. The molecule has 3 amide bonds. The van der Waals surface area contributed by atoms with Crippen LogP contribution in [0.1, 0.15) is 18.2 Å². The normalized spacial score (nSPS) is 11.6. The van der Waals surface area contributed by atoms with E-state index >= 15 is 0 Å². The van der Waals surface area contributed by atoms with Gasteiger partial charge in [0.25, 0.3) is 0 Å². The number of benzene rings is 2. The zero-order valence-electron chi connectivity index (χ0n) is 19.7. The molecule has 0 aliphatic carbocycles. The van der Waals surface area contributed by atoms with Crippen molar-refractivity contribution in [3.63, 3.8) is 0 Å². The molecule has 4 aromatic rings. The zero-order valence-corrected chi connectivity index (χ0v) is 21.3. The van der Waals surface area contributed by atoms with E-state index in [1.165, 1.54) is 13.3 Å². The maximum atomic E-state index is 12.7. The van der Waals surface area contributed by atoms with Gasteiger partial charge < -0.3 is 16.0 Å². The molecule has 11 nitrogen and oxygen atoms in total. The molecule has 36 heavy (non-hydrogen) atoms. The Morgan fingerprint density at radius 2 is 1.58 bits per heavy atom. The molecular weight excluding hydrogens is 528 g/mol. The molecule has 0 saturated carbocycles. The van der Waals surface area contributed by atoms with Crippen LogP contribution in [0.2, 0.25) is 0 Å². The van der Waals surface area contributed by atoms with Gasteiger partial charge in [0.05, 0.1) is 17.1 Å². The summed E-state index contributed by atoms with van der Waals surface area (Å²) in [6.07, 6.45) is 2.98. The number of rotatable bonds is 6. The van der Waals surface area contributed by atoms with E-state index in [1.807, 2.05) is 31.2 Å². The summed E-state index contributed by atoms with van der Waals surface area (Å²) in [6, 6.07) is 13.3. The molecule has 1 unspecified atom stereocenters. The van der Waals surface area contributed by atoms with Crippen molar-refractivity contribution in [3.8, 4) is 11.4 Å². The van der Waals surface area contributed by atoms with E-state index in [0.29, 0.717) is 22.9 Å². The summed E-state index contributed by atoms with van der Waals surface area (Å²) in [5, 5.41) is 16.3. The van der Waals surface area contributed by atoms with Gasteiger partial charge >= 0.3 is 11.8 Å². The largest absolute Gasteiger partial charge is 0.336 e. The number of nitrogens with one attached hydrogen (secondary N) is 3. The zero-order chi connectivity index (χ0) is 25.8. The van der Waals surface area contributed by atoms with Gasteiger partial charge in [0.15, 0.2) is 0 Å². The van der Waals surface area contributed by atoms with Crippen molar-refractivity contribution in [2.75, 3.05) is 10.6 Å². The standard InChI is InChI=1S/C24H23BrN8O3/c1-14-15(2)31-33(20-8-4-17(25)5-9-20)21(14)30-24(36)23(35)28-16(3)22(34)29-18-6-10-19(11-7-18)32-13-26-12-27-32/h4-13,16H,1-3H3,(H,28,35)(H,29,34)(H,30,36). The number of carbonyl (C=O) groups is 3. The highest BCUT2D eigenvalue weighted by Gasteiger charge is 2.23. The van der Waals surface area contributed by atoms with E-state index in [2.05, 4.69) is 47.1 Å². The summed E-state index contributed by atoms with van der Waals surface area (Å²) in [5.41, 5.74) is 3.44. The summed E-state index contributed by atoms with van der Waals surface area (Å²) in [7, 11) is 0. The molecule has 184 valence electrons. The van der Waals surface area contributed by atoms with Gasteiger partial charge in [0.2, 0.25) is 5.91 Å². The van der Waals surface area contributed by atoms with Crippen LogP contribution in [0.4, 0.5) is 11.5 Å². The summed E-state index contributed by atoms with van der Waals surface area (Å²) in [4.78, 5) is 41.7. The summed E-state index contributed by atoms with van der Waals surface area (Å²) >= 11 is 3.39. The van der Waals surface area contributed by atoms with Crippen molar-refractivity contribution >= 4 is 45.2 Å². The minimum Gasteiger partial charge on any atom is -0.336 e. The SMILES string of the molecule is Cc1nn(-c2ccc(Br)cc2)c(NC(=O)C(=O)NC(C)C(=O)Nc2ccc(-n3cncn3)cc2)c1C. The number of aryl methyl sites for hydroxylation is 1. The van der Waals surface area contributed by atoms with Crippen LogP contribution >= 0.6 is 15.9 Å². The van der Waals surface area contributed by atoms with Crippen LogP contribution in [-0.4, -0.2) is 48.3 Å². The topological polar surface area (TPSA) is 136 Å². The molecule has 0 aliphatic heterocycles. The maximum absolute atomic E-state index is 12.7. The third kappa shape index (κ3) is 5.49. The number of amides is 3. The fraction of sp³-hybridized carbons (Fsp3) is 0.167. The Kier molecular flexibility index (Phi) is 7.25. The second-order valence-electron chi connectivity index (χ2n) is 7.97. The fourth-order valence-electron chi connectivity index (χ4n) is 3.30. The summed E-state index contributed by atoms with van der Waals surface area (Å²) < 4.78 is 4.04. The quantitative estimate of drug-likeness (QED) is 0.316. The number of hydrogen-bond acceptors (Lipinski definition) is 6. The first-order valence-electron chi connectivity index (χ1n) is 10.9. The number of aromatic nitrogens is 5. The molecule has 2 heterocycles. The Labute approximate surface area is 215 Å². The molecule has 0 aliphatic rings. The molecule has 0 spiro atoms. The van der Waals surface area contributed by atoms with Gasteiger partial charge in [-0.1, -0.05) is 15.9 Å². The molecule has 4 rings (SSSR count). The van der Waals surface area contributed by atoms with E-state index in [4.69, 9.17) is 0 Å². The fourth-order valence-corrected chi connectivity index (χ4v) is 3.57. The molecule has 0 radical (unpaired) electrons. The van der Waals surface area contributed by atoms with Gasteiger partial charge in [0, 0.05) is 15.7 Å². The number of anilines is 2. The van der Waals surface area contributed by atoms with Crippen LogP contribution in [0.5, 0.6) is 0 Å². The van der Waals surface area contributed by atoms with Crippen LogP contribution < -0.4 is 16.0 Å². The van der Waals surface area contributed by atoms with Crippen molar-refractivity contribution in [1.29, 1.82) is 0 Å². The van der Waals surface area contributed by atoms with Crippen LogP contribution in [0.15, 0.2) is 65.7 Å². The van der Waals surface area contributed by atoms with E-state index in [-0.39, 0.29) is 0 Å². The molecule has 3 N–H and O–H groups in total. The number of nitrogens with zero attached hydrogens (tertiary/aromatic N) is 5. The number of halogens is 1.